The zero-order chi connectivity index (χ0) is 14.7. The fraction of sp³-hybridized carbons (Fsp3) is 0.267. The van der Waals surface area contributed by atoms with Crippen molar-refractivity contribution in [1.82, 2.24) is 9.55 Å². The first-order chi connectivity index (χ1) is 9.58. The van der Waals surface area contributed by atoms with Crippen LogP contribution in [0.5, 0.6) is 0 Å². The van der Waals surface area contributed by atoms with Gasteiger partial charge in [-0.1, -0.05) is 40.5 Å². The Morgan fingerprint density at radius 3 is 2.90 bits per heavy atom. The SMILES string of the molecule is C=CCn1c(CCC)nc(-c2cc(Br)ccc2Cl)c1N. The summed E-state index contributed by atoms with van der Waals surface area (Å²) >= 11 is 9.73. The molecule has 0 saturated carbocycles. The molecule has 5 heteroatoms. The van der Waals surface area contributed by atoms with E-state index in [1.165, 1.54) is 0 Å². The van der Waals surface area contributed by atoms with E-state index in [4.69, 9.17) is 17.3 Å². The maximum Gasteiger partial charge on any atom is 0.132 e. The zero-order valence-electron chi connectivity index (χ0n) is 11.4. The summed E-state index contributed by atoms with van der Waals surface area (Å²) in [6.45, 7) is 6.55. The van der Waals surface area contributed by atoms with Crippen LogP contribution in [0.4, 0.5) is 5.82 Å². The number of nitrogen functional groups attached to an aromatic ring is 1. The fourth-order valence-corrected chi connectivity index (χ4v) is 2.71. The van der Waals surface area contributed by atoms with E-state index in [0.717, 1.165) is 34.4 Å². The van der Waals surface area contributed by atoms with Gasteiger partial charge in [-0.25, -0.2) is 4.98 Å². The van der Waals surface area contributed by atoms with Crippen molar-refractivity contribution in [3.8, 4) is 11.3 Å². The van der Waals surface area contributed by atoms with E-state index in [1.54, 1.807) is 0 Å². The number of halogens is 2. The second kappa shape index (κ2) is 6.46. The maximum atomic E-state index is 6.27. The summed E-state index contributed by atoms with van der Waals surface area (Å²) in [7, 11) is 0. The second-order valence-corrected chi connectivity index (χ2v) is 5.86. The van der Waals surface area contributed by atoms with Crippen molar-refractivity contribution < 1.29 is 0 Å². The number of anilines is 1. The highest BCUT2D eigenvalue weighted by Crippen LogP contribution is 2.34. The van der Waals surface area contributed by atoms with E-state index in [-0.39, 0.29) is 0 Å². The lowest BCUT2D eigenvalue weighted by atomic mass is 10.1. The Balaban J connectivity index is 2.59. The minimum atomic E-state index is 0.633. The Bertz CT molecular complexity index is 634. The molecule has 106 valence electrons. The van der Waals surface area contributed by atoms with Gasteiger partial charge in [-0.15, -0.1) is 6.58 Å². The molecule has 0 spiro atoms. The Hall–Kier alpha value is -1.26. The molecule has 0 amide bonds. The molecule has 20 heavy (non-hydrogen) atoms. The van der Waals surface area contributed by atoms with Gasteiger partial charge < -0.3 is 10.3 Å². The number of nitrogens with zero attached hydrogens (tertiary/aromatic N) is 2. The molecule has 3 nitrogen and oxygen atoms in total. The van der Waals surface area contributed by atoms with Crippen molar-refractivity contribution in [1.29, 1.82) is 0 Å². The summed E-state index contributed by atoms with van der Waals surface area (Å²) < 4.78 is 2.94. The van der Waals surface area contributed by atoms with Crippen molar-refractivity contribution in [3.05, 3.63) is 46.2 Å². The third-order valence-electron chi connectivity index (χ3n) is 3.05. The number of hydrogen-bond acceptors (Lipinski definition) is 2. The molecule has 1 heterocycles. The van der Waals surface area contributed by atoms with E-state index in [9.17, 15) is 0 Å². The summed E-state index contributed by atoms with van der Waals surface area (Å²) in [5, 5.41) is 0.645. The van der Waals surface area contributed by atoms with E-state index in [2.05, 4.69) is 34.4 Å². The average molecular weight is 355 g/mol. The second-order valence-electron chi connectivity index (χ2n) is 4.54. The minimum absolute atomic E-state index is 0.633. The summed E-state index contributed by atoms with van der Waals surface area (Å²) in [5.41, 5.74) is 7.83. The molecule has 1 aromatic heterocycles. The standard InChI is InChI=1S/C15H17BrClN3/c1-3-5-13-19-14(15(18)20(13)8-4-2)11-9-10(16)6-7-12(11)17/h4,6-7,9H,2-3,5,8,18H2,1H3. The molecule has 0 aliphatic carbocycles. The highest BCUT2D eigenvalue weighted by Gasteiger charge is 2.17. The first kappa shape index (κ1) is 15.1. The molecule has 2 N–H and O–H groups in total. The summed E-state index contributed by atoms with van der Waals surface area (Å²) in [6.07, 6.45) is 3.71. The molecule has 2 rings (SSSR count). The molecule has 0 fully saturated rings. The van der Waals surface area contributed by atoms with Crippen molar-refractivity contribution >= 4 is 33.3 Å². The van der Waals surface area contributed by atoms with E-state index in [1.807, 2.05) is 28.8 Å². The van der Waals surface area contributed by atoms with Gasteiger partial charge in [0, 0.05) is 23.0 Å². The number of rotatable bonds is 5. The number of aromatic nitrogens is 2. The van der Waals surface area contributed by atoms with Crippen molar-refractivity contribution in [2.45, 2.75) is 26.3 Å². The third-order valence-corrected chi connectivity index (χ3v) is 3.88. The monoisotopic (exact) mass is 353 g/mol. The van der Waals surface area contributed by atoms with Gasteiger partial charge in [0.1, 0.15) is 17.3 Å². The topological polar surface area (TPSA) is 43.8 Å². The van der Waals surface area contributed by atoms with Crippen LogP contribution in [0.2, 0.25) is 5.02 Å². The first-order valence-electron chi connectivity index (χ1n) is 6.49. The van der Waals surface area contributed by atoms with Gasteiger partial charge >= 0.3 is 0 Å². The van der Waals surface area contributed by atoms with Crippen LogP contribution in [0.1, 0.15) is 19.2 Å². The lowest BCUT2D eigenvalue weighted by Crippen LogP contribution is -2.05. The maximum absolute atomic E-state index is 6.27. The lowest BCUT2D eigenvalue weighted by Gasteiger charge is -2.06. The van der Waals surface area contributed by atoms with Crippen LogP contribution >= 0.6 is 27.5 Å². The predicted octanol–water partition coefficient (Wildman–Crippen LogP) is 4.69. The Morgan fingerprint density at radius 2 is 2.25 bits per heavy atom. The van der Waals surface area contributed by atoms with E-state index < -0.39 is 0 Å². The Labute approximate surface area is 132 Å². The first-order valence-corrected chi connectivity index (χ1v) is 7.66. The van der Waals surface area contributed by atoms with E-state index >= 15 is 0 Å². The van der Waals surface area contributed by atoms with Gasteiger partial charge in [-0.3, -0.25) is 0 Å². The van der Waals surface area contributed by atoms with Gasteiger partial charge in [0.2, 0.25) is 0 Å². The number of hydrogen-bond donors (Lipinski definition) is 1. The highest BCUT2D eigenvalue weighted by molar-refractivity contribution is 9.10. The summed E-state index contributed by atoms with van der Waals surface area (Å²) in [6, 6.07) is 5.68. The molecule has 0 aliphatic heterocycles. The molecule has 0 bridgehead atoms. The molecule has 2 aromatic rings. The van der Waals surface area contributed by atoms with E-state index in [0.29, 0.717) is 17.4 Å². The largest absolute Gasteiger partial charge is 0.383 e. The number of benzene rings is 1. The van der Waals surface area contributed by atoms with Gasteiger partial charge in [-0.05, 0) is 24.6 Å². The van der Waals surface area contributed by atoms with Crippen LogP contribution in [0, 0.1) is 0 Å². The van der Waals surface area contributed by atoms with Gasteiger partial charge in [-0.2, -0.15) is 0 Å². The van der Waals surface area contributed by atoms with Crippen LogP contribution in [-0.4, -0.2) is 9.55 Å². The third kappa shape index (κ3) is 2.91. The normalized spacial score (nSPS) is 10.8. The minimum Gasteiger partial charge on any atom is -0.383 e. The van der Waals surface area contributed by atoms with Crippen molar-refractivity contribution in [2.75, 3.05) is 5.73 Å². The van der Waals surface area contributed by atoms with Gasteiger partial charge in [0.15, 0.2) is 0 Å². The fourth-order valence-electron chi connectivity index (χ4n) is 2.14. The lowest BCUT2D eigenvalue weighted by molar-refractivity contribution is 0.724. The molecule has 0 saturated heterocycles. The average Bonchev–Trinajstić information content (AvgIpc) is 2.71. The van der Waals surface area contributed by atoms with Crippen LogP contribution in [0.15, 0.2) is 35.3 Å². The van der Waals surface area contributed by atoms with Crippen LogP contribution in [0.25, 0.3) is 11.3 Å². The molecule has 0 unspecified atom stereocenters. The van der Waals surface area contributed by atoms with Crippen molar-refractivity contribution in [2.24, 2.45) is 0 Å². The quantitative estimate of drug-likeness (QED) is 0.792. The van der Waals surface area contributed by atoms with Crippen LogP contribution < -0.4 is 5.73 Å². The Morgan fingerprint density at radius 1 is 1.50 bits per heavy atom. The summed E-state index contributed by atoms with van der Waals surface area (Å²) in [4.78, 5) is 4.68. The number of imidazole rings is 1. The molecular formula is C15H17BrClN3. The summed E-state index contributed by atoms with van der Waals surface area (Å²) in [5.74, 6) is 1.60. The number of allylic oxidation sites excluding steroid dienone is 1. The Kier molecular flexibility index (Phi) is 4.89. The van der Waals surface area contributed by atoms with Gasteiger partial charge in [0.05, 0.1) is 5.02 Å². The number of aryl methyl sites for hydroxylation is 1. The molecule has 0 radical (unpaired) electrons. The predicted molar refractivity (Wildman–Crippen MR) is 89.0 cm³/mol. The van der Waals surface area contributed by atoms with Crippen LogP contribution in [0.3, 0.4) is 0 Å². The number of nitrogens with two attached hydrogens (primary N) is 1. The van der Waals surface area contributed by atoms with Gasteiger partial charge in [0.25, 0.3) is 0 Å². The molecular weight excluding hydrogens is 338 g/mol. The van der Waals surface area contributed by atoms with Crippen LogP contribution in [-0.2, 0) is 13.0 Å². The molecule has 0 atom stereocenters. The molecule has 1 aromatic carbocycles. The highest BCUT2D eigenvalue weighted by atomic mass is 79.9. The molecule has 0 aliphatic rings. The van der Waals surface area contributed by atoms with Crippen molar-refractivity contribution in [3.63, 3.8) is 0 Å². The smallest absolute Gasteiger partial charge is 0.132 e. The zero-order valence-corrected chi connectivity index (χ0v) is 13.7.